The van der Waals surface area contributed by atoms with E-state index < -0.39 is 0 Å². The Kier molecular flexibility index (Phi) is 8.16. The zero-order chi connectivity index (χ0) is 15.0. The Morgan fingerprint density at radius 1 is 1.15 bits per heavy atom. The summed E-state index contributed by atoms with van der Waals surface area (Å²) in [6.07, 6.45) is 11.2. The molecule has 20 heavy (non-hydrogen) atoms. The van der Waals surface area contributed by atoms with Gasteiger partial charge in [0.25, 0.3) is 0 Å². The van der Waals surface area contributed by atoms with Crippen molar-refractivity contribution in [2.24, 2.45) is 11.8 Å². The number of hydrogen-bond acceptors (Lipinski definition) is 2. The highest BCUT2D eigenvalue weighted by Crippen LogP contribution is 2.32. The fourth-order valence-corrected chi connectivity index (χ4v) is 2.86. The van der Waals surface area contributed by atoms with Gasteiger partial charge in [0.2, 0.25) is 0 Å². The molecule has 0 heterocycles. The van der Waals surface area contributed by atoms with Crippen LogP contribution in [0.4, 0.5) is 0 Å². The largest absolute Gasteiger partial charge is 0.389 e. The van der Waals surface area contributed by atoms with Crippen molar-refractivity contribution < 1.29 is 9.84 Å². The minimum Gasteiger partial charge on any atom is -0.389 e. The van der Waals surface area contributed by atoms with Gasteiger partial charge in [-0.25, -0.2) is 0 Å². The second-order valence-corrected chi connectivity index (χ2v) is 6.14. The van der Waals surface area contributed by atoms with Crippen molar-refractivity contribution in [2.45, 2.75) is 71.5 Å². The lowest BCUT2D eigenvalue weighted by atomic mass is 9.78. The Hall–Kier alpha value is -0.600. The van der Waals surface area contributed by atoms with E-state index in [1.165, 1.54) is 32.1 Å². The maximum absolute atomic E-state index is 9.98. The maximum Gasteiger partial charge on any atom is 0.0851 e. The maximum atomic E-state index is 9.98. The van der Waals surface area contributed by atoms with Crippen LogP contribution in [0.15, 0.2) is 24.3 Å². The van der Waals surface area contributed by atoms with E-state index >= 15 is 0 Å². The molecule has 116 valence electrons. The summed E-state index contributed by atoms with van der Waals surface area (Å²) < 4.78 is 6.07. The predicted molar refractivity (Wildman–Crippen MR) is 85.7 cm³/mol. The van der Waals surface area contributed by atoms with Crippen molar-refractivity contribution in [3.05, 3.63) is 24.3 Å². The molecule has 2 nitrogen and oxygen atoms in total. The Morgan fingerprint density at radius 2 is 1.80 bits per heavy atom. The Morgan fingerprint density at radius 3 is 2.45 bits per heavy atom. The lowest BCUT2D eigenvalue weighted by molar-refractivity contribution is -0.00811. The molecule has 0 saturated carbocycles. The second-order valence-electron chi connectivity index (χ2n) is 6.14. The predicted octanol–water partition coefficient (Wildman–Crippen LogP) is 4.49. The topological polar surface area (TPSA) is 29.5 Å². The molecule has 4 atom stereocenters. The molecule has 1 aliphatic carbocycles. The van der Waals surface area contributed by atoms with Crippen LogP contribution in [0, 0.1) is 11.8 Å². The fourth-order valence-electron chi connectivity index (χ4n) is 2.86. The molecule has 0 radical (unpaired) electrons. The smallest absolute Gasteiger partial charge is 0.0851 e. The van der Waals surface area contributed by atoms with Gasteiger partial charge in [0.05, 0.1) is 12.2 Å². The van der Waals surface area contributed by atoms with Gasteiger partial charge in [-0.3, -0.25) is 0 Å². The van der Waals surface area contributed by atoms with Crippen LogP contribution in [-0.2, 0) is 4.74 Å². The van der Waals surface area contributed by atoms with E-state index in [2.05, 4.69) is 27.4 Å². The number of aliphatic hydroxyl groups excluding tert-OH is 1. The first-order valence-corrected chi connectivity index (χ1v) is 8.25. The lowest BCUT2D eigenvalue weighted by Gasteiger charge is -2.36. The summed E-state index contributed by atoms with van der Waals surface area (Å²) in [5.74, 6) is 0.580. The molecule has 4 unspecified atom stereocenters. The van der Waals surface area contributed by atoms with E-state index in [1.807, 2.05) is 12.2 Å². The van der Waals surface area contributed by atoms with E-state index in [9.17, 15) is 5.11 Å². The van der Waals surface area contributed by atoms with E-state index in [-0.39, 0.29) is 18.1 Å². The highest BCUT2D eigenvalue weighted by atomic mass is 16.5. The summed E-state index contributed by atoms with van der Waals surface area (Å²) in [5, 5.41) is 9.98. The summed E-state index contributed by atoms with van der Waals surface area (Å²) in [6.45, 7) is 11.2. The van der Waals surface area contributed by atoms with E-state index in [0.717, 1.165) is 18.6 Å². The van der Waals surface area contributed by atoms with Crippen LogP contribution in [0.3, 0.4) is 0 Å². The van der Waals surface area contributed by atoms with Gasteiger partial charge < -0.3 is 9.84 Å². The second kappa shape index (κ2) is 9.36. The number of aliphatic hydroxyl groups is 1. The summed E-state index contributed by atoms with van der Waals surface area (Å²) >= 11 is 0. The van der Waals surface area contributed by atoms with Gasteiger partial charge in [-0.05, 0) is 23.8 Å². The molecule has 0 spiro atoms. The van der Waals surface area contributed by atoms with Gasteiger partial charge in [-0.1, -0.05) is 71.6 Å². The average Bonchev–Trinajstić information content (AvgIpc) is 2.45. The molecule has 0 bridgehead atoms. The first-order chi connectivity index (χ1) is 9.61. The third-order valence-electron chi connectivity index (χ3n) is 4.57. The van der Waals surface area contributed by atoms with Crippen molar-refractivity contribution in [1.29, 1.82) is 0 Å². The Balaban J connectivity index is 2.33. The molecule has 0 aliphatic heterocycles. The van der Waals surface area contributed by atoms with Gasteiger partial charge in [0.1, 0.15) is 0 Å². The monoisotopic (exact) mass is 280 g/mol. The quantitative estimate of drug-likeness (QED) is 0.630. The molecule has 0 aromatic rings. The van der Waals surface area contributed by atoms with Gasteiger partial charge in [0, 0.05) is 6.61 Å². The Bertz CT molecular complexity index is 309. The van der Waals surface area contributed by atoms with Crippen molar-refractivity contribution in [2.75, 3.05) is 6.61 Å². The van der Waals surface area contributed by atoms with Crippen LogP contribution < -0.4 is 0 Å². The average molecular weight is 280 g/mol. The van der Waals surface area contributed by atoms with Gasteiger partial charge in [-0.2, -0.15) is 0 Å². The van der Waals surface area contributed by atoms with Crippen molar-refractivity contribution >= 4 is 0 Å². The molecule has 0 aromatic heterocycles. The highest BCUT2D eigenvalue weighted by molar-refractivity contribution is 5.27. The van der Waals surface area contributed by atoms with Crippen molar-refractivity contribution in [3.63, 3.8) is 0 Å². The van der Waals surface area contributed by atoms with Crippen LogP contribution in [0.1, 0.15) is 59.3 Å². The molecule has 2 heteroatoms. The van der Waals surface area contributed by atoms with E-state index in [4.69, 9.17) is 4.74 Å². The molecule has 0 fully saturated rings. The summed E-state index contributed by atoms with van der Waals surface area (Å²) in [5.41, 5.74) is 1.05. The first kappa shape index (κ1) is 17.5. The molecular weight excluding hydrogens is 248 g/mol. The molecule has 0 amide bonds. The standard InChI is InChI=1S/C18H32O2/c1-5-7-8-9-10-11-12-20-18-15(4)14(3)17(19)13-16(18)6-2/h6,13-15,17-19H,2,5,7-12H2,1,3-4H3. The number of unbranched alkanes of at least 4 members (excludes halogenated alkanes) is 5. The van der Waals surface area contributed by atoms with Crippen molar-refractivity contribution in [3.8, 4) is 0 Å². The lowest BCUT2D eigenvalue weighted by Crippen LogP contribution is -2.38. The van der Waals surface area contributed by atoms with Crippen LogP contribution in [0.5, 0.6) is 0 Å². The van der Waals surface area contributed by atoms with Crippen molar-refractivity contribution in [1.82, 2.24) is 0 Å². The van der Waals surface area contributed by atoms with Crippen LogP contribution in [0.2, 0.25) is 0 Å². The third-order valence-corrected chi connectivity index (χ3v) is 4.57. The van der Waals surface area contributed by atoms with Gasteiger partial charge in [0.15, 0.2) is 0 Å². The summed E-state index contributed by atoms with van der Waals surface area (Å²) in [4.78, 5) is 0. The fraction of sp³-hybridized carbons (Fsp3) is 0.778. The first-order valence-electron chi connectivity index (χ1n) is 8.25. The minimum absolute atomic E-state index is 0.0986. The van der Waals surface area contributed by atoms with Crippen LogP contribution >= 0.6 is 0 Å². The van der Waals surface area contributed by atoms with E-state index in [0.29, 0.717) is 5.92 Å². The molecule has 1 rings (SSSR count). The molecule has 0 saturated heterocycles. The zero-order valence-electron chi connectivity index (χ0n) is 13.5. The molecular formula is C18H32O2. The van der Waals surface area contributed by atoms with Crippen LogP contribution in [0.25, 0.3) is 0 Å². The summed E-state index contributed by atoms with van der Waals surface area (Å²) in [6, 6.07) is 0. The van der Waals surface area contributed by atoms with E-state index in [1.54, 1.807) is 0 Å². The Labute approximate surface area is 124 Å². The van der Waals surface area contributed by atoms with Crippen LogP contribution in [-0.4, -0.2) is 23.9 Å². The van der Waals surface area contributed by atoms with Gasteiger partial charge in [-0.15, -0.1) is 0 Å². The number of rotatable bonds is 9. The SMILES string of the molecule is C=CC1=CC(O)C(C)C(C)C1OCCCCCCCC. The molecule has 0 aromatic carbocycles. The number of hydrogen-bond donors (Lipinski definition) is 1. The number of ether oxygens (including phenoxy) is 1. The highest BCUT2D eigenvalue weighted by Gasteiger charge is 2.33. The molecule has 1 N–H and O–H groups in total. The normalized spacial score (nSPS) is 30.1. The zero-order valence-corrected chi connectivity index (χ0v) is 13.5. The third kappa shape index (κ3) is 5.06. The summed E-state index contributed by atoms with van der Waals surface area (Å²) in [7, 11) is 0. The van der Waals surface area contributed by atoms with Gasteiger partial charge >= 0.3 is 0 Å². The minimum atomic E-state index is -0.369. The molecule has 1 aliphatic rings.